The van der Waals surface area contributed by atoms with Crippen molar-refractivity contribution in [2.75, 3.05) is 26.8 Å². The lowest BCUT2D eigenvalue weighted by atomic mass is 10.2. The summed E-state index contributed by atoms with van der Waals surface area (Å²) in [6.45, 7) is 0.365. The van der Waals surface area contributed by atoms with Crippen LogP contribution < -0.4 is 10.5 Å². The van der Waals surface area contributed by atoms with Gasteiger partial charge < -0.3 is 10.5 Å². The van der Waals surface area contributed by atoms with Gasteiger partial charge in [0.25, 0.3) is 0 Å². The minimum Gasteiger partial charge on any atom is -0.385 e. The van der Waals surface area contributed by atoms with Crippen molar-refractivity contribution in [1.29, 1.82) is 0 Å². The van der Waals surface area contributed by atoms with Crippen LogP contribution in [0, 0.1) is 23.5 Å². The van der Waals surface area contributed by atoms with Gasteiger partial charge in [0.1, 0.15) is 16.5 Å². The average Bonchev–Trinajstić information content (AvgIpc) is 2.40. The maximum absolute atomic E-state index is 13.8. The molecule has 0 aliphatic rings. The number of hydrogen-bond acceptors (Lipinski definition) is 4. The van der Waals surface area contributed by atoms with Gasteiger partial charge >= 0.3 is 0 Å². The third-order valence-corrected chi connectivity index (χ3v) is 3.96. The molecule has 0 amide bonds. The summed E-state index contributed by atoms with van der Waals surface area (Å²) < 4.78 is 58.2. The van der Waals surface area contributed by atoms with Gasteiger partial charge in [0.05, 0.1) is 12.1 Å². The lowest BCUT2D eigenvalue weighted by Gasteiger charge is -2.10. The minimum atomic E-state index is -4.14. The van der Waals surface area contributed by atoms with Crippen LogP contribution in [0.15, 0.2) is 17.0 Å². The molecule has 0 aliphatic carbocycles. The number of sulfonamides is 1. The molecule has 1 rings (SSSR count). The Labute approximate surface area is 122 Å². The average molecular weight is 318 g/mol. The largest absolute Gasteiger partial charge is 0.385 e. The molecular weight excluding hydrogens is 302 g/mol. The Morgan fingerprint density at radius 2 is 2.10 bits per heavy atom. The normalized spacial score (nSPS) is 11.0. The van der Waals surface area contributed by atoms with Crippen LogP contribution in [0.4, 0.5) is 8.78 Å². The molecule has 1 aromatic rings. The molecular formula is C13H16F2N2O3S. The van der Waals surface area contributed by atoms with Gasteiger partial charge in [-0.15, -0.1) is 0 Å². The van der Waals surface area contributed by atoms with E-state index >= 15 is 0 Å². The Hall–Kier alpha value is -1.53. The topological polar surface area (TPSA) is 81.4 Å². The first-order valence-electron chi connectivity index (χ1n) is 6.09. The van der Waals surface area contributed by atoms with Gasteiger partial charge in [0, 0.05) is 26.3 Å². The van der Waals surface area contributed by atoms with Gasteiger partial charge in [0.2, 0.25) is 10.0 Å². The highest BCUT2D eigenvalue weighted by atomic mass is 32.2. The molecule has 0 bridgehead atoms. The summed E-state index contributed by atoms with van der Waals surface area (Å²) in [5, 5.41) is 0. The molecule has 0 aromatic heterocycles. The number of nitrogens with two attached hydrogens (primary N) is 1. The molecule has 116 valence electrons. The van der Waals surface area contributed by atoms with Crippen LogP contribution >= 0.6 is 0 Å². The molecule has 0 aliphatic heterocycles. The molecule has 0 radical (unpaired) electrons. The zero-order chi connectivity index (χ0) is 15.9. The molecule has 0 heterocycles. The second-order valence-electron chi connectivity index (χ2n) is 4.01. The summed E-state index contributed by atoms with van der Waals surface area (Å²) >= 11 is 0. The van der Waals surface area contributed by atoms with Crippen molar-refractivity contribution in [3.05, 3.63) is 29.3 Å². The Bertz CT molecular complexity index is 651. The minimum absolute atomic E-state index is 0.0567. The second kappa shape index (κ2) is 8.05. The number of ether oxygens (including phenoxy) is 1. The maximum atomic E-state index is 13.8. The zero-order valence-electron chi connectivity index (χ0n) is 11.4. The van der Waals surface area contributed by atoms with E-state index in [0.717, 1.165) is 6.07 Å². The fourth-order valence-electron chi connectivity index (χ4n) is 1.57. The van der Waals surface area contributed by atoms with Crippen molar-refractivity contribution in [1.82, 2.24) is 4.72 Å². The molecule has 0 fully saturated rings. The zero-order valence-corrected chi connectivity index (χ0v) is 12.3. The third-order valence-electron chi connectivity index (χ3n) is 2.42. The Morgan fingerprint density at radius 3 is 2.71 bits per heavy atom. The number of rotatable bonds is 6. The van der Waals surface area contributed by atoms with Crippen LogP contribution in [-0.4, -0.2) is 35.2 Å². The summed E-state index contributed by atoms with van der Waals surface area (Å²) in [6, 6.07) is 1.35. The smallest absolute Gasteiger partial charge is 0.244 e. The molecule has 3 N–H and O–H groups in total. The second-order valence-corrected chi connectivity index (χ2v) is 5.72. The highest BCUT2D eigenvalue weighted by molar-refractivity contribution is 7.89. The molecule has 0 atom stereocenters. The van der Waals surface area contributed by atoms with E-state index in [1.807, 2.05) is 0 Å². The first kappa shape index (κ1) is 17.5. The quantitative estimate of drug-likeness (QED) is 0.594. The van der Waals surface area contributed by atoms with Crippen molar-refractivity contribution >= 4 is 10.0 Å². The van der Waals surface area contributed by atoms with E-state index in [0.29, 0.717) is 19.1 Å². The molecule has 0 saturated heterocycles. The van der Waals surface area contributed by atoms with E-state index in [1.54, 1.807) is 0 Å². The van der Waals surface area contributed by atoms with E-state index in [-0.39, 0.29) is 18.7 Å². The van der Waals surface area contributed by atoms with E-state index in [9.17, 15) is 17.2 Å². The molecule has 5 nitrogen and oxygen atoms in total. The van der Waals surface area contributed by atoms with Crippen LogP contribution in [0.25, 0.3) is 0 Å². The van der Waals surface area contributed by atoms with Crippen molar-refractivity contribution < 1.29 is 21.9 Å². The van der Waals surface area contributed by atoms with Gasteiger partial charge in [-0.2, -0.15) is 0 Å². The van der Waals surface area contributed by atoms with Gasteiger partial charge in [-0.05, 0) is 12.5 Å². The van der Waals surface area contributed by atoms with Crippen molar-refractivity contribution in [3.63, 3.8) is 0 Å². The van der Waals surface area contributed by atoms with E-state index < -0.39 is 26.6 Å². The standard InChI is InChI=1S/C13H16F2N2O3S/c1-20-7-3-6-17-21(18,19)13-10(4-2-5-16)8-11(14)9-12(13)15/h8-9,17H,3,5-7,16H2,1H3. The Kier molecular flexibility index (Phi) is 6.71. The highest BCUT2D eigenvalue weighted by Crippen LogP contribution is 2.20. The molecule has 0 spiro atoms. The number of hydrogen-bond donors (Lipinski definition) is 2. The lowest BCUT2D eigenvalue weighted by molar-refractivity contribution is 0.196. The summed E-state index contributed by atoms with van der Waals surface area (Å²) in [6.07, 6.45) is 0.419. The van der Waals surface area contributed by atoms with Gasteiger partial charge in [0.15, 0.2) is 0 Å². The molecule has 21 heavy (non-hydrogen) atoms. The predicted octanol–water partition coefficient (Wildman–Crippen LogP) is 0.590. The fourth-order valence-corrected chi connectivity index (χ4v) is 2.84. The van der Waals surface area contributed by atoms with Crippen molar-refractivity contribution in [2.24, 2.45) is 5.73 Å². The van der Waals surface area contributed by atoms with Crippen LogP contribution in [-0.2, 0) is 14.8 Å². The van der Waals surface area contributed by atoms with Crippen LogP contribution in [0.1, 0.15) is 12.0 Å². The SMILES string of the molecule is COCCCNS(=O)(=O)c1c(F)cc(F)cc1C#CCN. The number of benzene rings is 1. The lowest BCUT2D eigenvalue weighted by Crippen LogP contribution is -2.27. The number of methoxy groups -OCH3 is 1. The van der Waals surface area contributed by atoms with E-state index in [4.69, 9.17) is 10.5 Å². The monoisotopic (exact) mass is 318 g/mol. The van der Waals surface area contributed by atoms with Gasteiger partial charge in [-0.3, -0.25) is 0 Å². The predicted molar refractivity (Wildman–Crippen MR) is 74.0 cm³/mol. The fraction of sp³-hybridized carbons (Fsp3) is 0.385. The maximum Gasteiger partial charge on any atom is 0.244 e. The van der Waals surface area contributed by atoms with Crippen LogP contribution in [0.3, 0.4) is 0 Å². The van der Waals surface area contributed by atoms with Crippen molar-refractivity contribution in [2.45, 2.75) is 11.3 Å². The van der Waals surface area contributed by atoms with Crippen LogP contribution in [0.5, 0.6) is 0 Å². The first-order valence-corrected chi connectivity index (χ1v) is 7.57. The first-order chi connectivity index (χ1) is 9.92. The van der Waals surface area contributed by atoms with Crippen LogP contribution in [0.2, 0.25) is 0 Å². The Balaban J connectivity index is 3.15. The molecule has 1 aromatic carbocycles. The summed E-state index contributed by atoms with van der Waals surface area (Å²) in [7, 11) is -2.66. The summed E-state index contributed by atoms with van der Waals surface area (Å²) in [4.78, 5) is -0.678. The summed E-state index contributed by atoms with van der Waals surface area (Å²) in [5.41, 5.74) is 4.92. The van der Waals surface area contributed by atoms with E-state index in [2.05, 4.69) is 16.6 Å². The van der Waals surface area contributed by atoms with Crippen molar-refractivity contribution in [3.8, 4) is 11.8 Å². The molecule has 0 saturated carbocycles. The highest BCUT2D eigenvalue weighted by Gasteiger charge is 2.23. The van der Waals surface area contributed by atoms with E-state index in [1.165, 1.54) is 7.11 Å². The molecule has 0 unspecified atom stereocenters. The van der Waals surface area contributed by atoms with Gasteiger partial charge in [-0.1, -0.05) is 11.8 Å². The van der Waals surface area contributed by atoms with Gasteiger partial charge in [-0.25, -0.2) is 21.9 Å². The third kappa shape index (κ3) is 5.06. The number of nitrogens with one attached hydrogen (secondary N) is 1. The Morgan fingerprint density at radius 1 is 1.38 bits per heavy atom. The number of halogens is 2. The summed E-state index contributed by atoms with van der Waals surface area (Å²) in [5.74, 6) is 2.63. The molecule has 8 heteroatoms.